The lowest BCUT2D eigenvalue weighted by molar-refractivity contribution is 0.0688. The van der Waals surface area contributed by atoms with E-state index < -0.39 is 11.4 Å². The Bertz CT molecular complexity index is 883. The minimum atomic E-state index is -1.05. The number of benzene rings is 1. The Morgan fingerprint density at radius 2 is 2.08 bits per heavy atom. The number of rotatable bonds is 4. The average Bonchev–Trinajstić information content (AvgIpc) is 3.05. The van der Waals surface area contributed by atoms with E-state index in [1.807, 2.05) is 6.07 Å². The van der Waals surface area contributed by atoms with Crippen LogP contribution in [0.5, 0.6) is 0 Å². The maximum Gasteiger partial charge on any atom is 0.354 e. The number of carboxylic acid groups (broad SMARTS) is 1. The number of aromatic nitrogens is 2. The summed E-state index contributed by atoms with van der Waals surface area (Å²) >= 11 is 12.6. The first-order valence-corrected chi connectivity index (χ1v) is 8.72. The number of nitrogens with one attached hydrogen (secondary N) is 1. The van der Waals surface area contributed by atoms with Crippen molar-refractivity contribution in [1.82, 2.24) is 10.2 Å². The van der Waals surface area contributed by atoms with Crippen LogP contribution < -0.4 is 0 Å². The molecule has 1 aromatic carbocycles. The van der Waals surface area contributed by atoms with Crippen molar-refractivity contribution in [2.75, 3.05) is 0 Å². The van der Waals surface area contributed by atoms with E-state index in [-0.39, 0.29) is 5.69 Å². The van der Waals surface area contributed by atoms with Crippen LogP contribution in [0.25, 0.3) is 0 Å². The Labute approximate surface area is 156 Å². The smallest absolute Gasteiger partial charge is 0.354 e. The molecule has 130 valence electrons. The van der Waals surface area contributed by atoms with Gasteiger partial charge in [-0.25, -0.2) is 4.79 Å². The number of aromatic carboxylic acids is 1. The van der Waals surface area contributed by atoms with E-state index >= 15 is 0 Å². The quantitative estimate of drug-likeness (QED) is 0.766. The van der Waals surface area contributed by atoms with Gasteiger partial charge < -0.3 is 5.11 Å². The van der Waals surface area contributed by atoms with Crippen molar-refractivity contribution >= 4 is 29.2 Å². The van der Waals surface area contributed by atoms with Crippen molar-refractivity contribution in [1.29, 1.82) is 0 Å². The number of hydrogen-bond acceptors (Lipinski definition) is 2. The zero-order chi connectivity index (χ0) is 18.2. The Balaban J connectivity index is 2.31. The highest BCUT2D eigenvalue weighted by Crippen LogP contribution is 2.46. The lowest BCUT2D eigenvalue weighted by atomic mass is 9.68. The van der Waals surface area contributed by atoms with Crippen molar-refractivity contribution in [3.05, 3.63) is 75.1 Å². The fourth-order valence-corrected chi connectivity index (χ4v) is 3.87. The molecule has 0 bridgehead atoms. The van der Waals surface area contributed by atoms with Gasteiger partial charge >= 0.3 is 5.97 Å². The molecule has 1 aliphatic rings. The predicted octanol–water partition coefficient (Wildman–Crippen LogP) is 5.24. The lowest BCUT2D eigenvalue weighted by Crippen LogP contribution is -2.29. The van der Waals surface area contributed by atoms with Gasteiger partial charge in [-0.15, -0.1) is 0 Å². The van der Waals surface area contributed by atoms with Crippen LogP contribution in [-0.2, 0) is 5.41 Å². The van der Waals surface area contributed by atoms with Gasteiger partial charge in [-0.2, -0.15) is 5.10 Å². The van der Waals surface area contributed by atoms with Crippen LogP contribution >= 0.6 is 23.2 Å². The summed E-state index contributed by atoms with van der Waals surface area (Å²) in [5, 5.41) is 17.2. The zero-order valence-electron chi connectivity index (χ0n) is 13.9. The summed E-state index contributed by atoms with van der Waals surface area (Å²) in [7, 11) is 0. The Morgan fingerprint density at radius 3 is 2.72 bits per heavy atom. The predicted molar refractivity (Wildman–Crippen MR) is 99.5 cm³/mol. The second kappa shape index (κ2) is 6.70. The van der Waals surface area contributed by atoms with Crippen molar-refractivity contribution < 1.29 is 9.90 Å². The van der Waals surface area contributed by atoms with Gasteiger partial charge in [-0.05, 0) is 35.6 Å². The highest BCUT2D eigenvalue weighted by atomic mass is 35.5. The van der Waals surface area contributed by atoms with Crippen LogP contribution in [-0.4, -0.2) is 21.3 Å². The number of aromatic amines is 1. The molecular weight excluding hydrogens is 359 g/mol. The van der Waals surface area contributed by atoms with Crippen molar-refractivity contribution in [3.8, 4) is 0 Å². The first-order valence-electron chi connectivity index (χ1n) is 7.97. The molecule has 0 saturated carbocycles. The number of allylic oxidation sites excluding steroid dienone is 4. The second-order valence-corrected chi connectivity index (χ2v) is 7.31. The summed E-state index contributed by atoms with van der Waals surface area (Å²) < 4.78 is 0. The van der Waals surface area contributed by atoms with Crippen LogP contribution in [0.4, 0.5) is 0 Å². The maximum atomic E-state index is 11.7. The zero-order valence-corrected chi connectivity index (χ0v) is 15.4. The summed E-state index contributed by atoms with van der Waals surface area (Å²) in [6.45, 7) is 4.20. The minimum Gasteiger partial charge on any atom is -0.477 e. The lowest BCUT2D eigenvalue weighted by Gasteiger charge is -2.35. The summed E-state index contributed by atoms with van der Waals surface area (Å²) in [6.07, 6.45) is 8.39. The second-order valence-electron chi connectivity index (χ2n) is 6.46. The third-order valence-electron chi connectivity index (χ3n) is 4.58. The average molecular weight is 377 g/mol. The molecule has 0 aliphatic heterocycles. The Hall–Kier alpha value is -2.04. The molecule has 0 spiro atoms. The standard InChI is InChI=1S/C19H18Cl2N2O2/c1-11(2)12-4-3-7-19(9-12,14-6-5-13(20)8-16(14)21)15-10-22-23-17(15)18(24)25/h3-6,8-11H,7H2,1-2H3,(H,22,23)(H,24,25). The number of nitrogens with zero attached hydrogens (tertiary/aromatic N) is 1. The molecule has 2 N–H and O–H groups in total. The van der Waals surface area contributed by atoms with Crippen LogP contribution in [0.2, 0.25) is 10.0 Å². The van der Waals surface area contributed by atoms with Crippen LogP contribution in [0.15, 0.2) is 48.2 Å². The fourth-order valence-electron chi connectivity index (χ4n) is 3.29. The van der Waals surface area contributed by atoms with E-state index in [9.17, 15) is 9.90 Å². The topological polar surface area (TPSA) is 66.0 Å². The molecule has 4 nitrogen and oxygen atoms in total. The molecule has 0 amide bonds. The molecule has 0 fully saturated rings. The molecular formula is C19H18Cl2N2O2. The van der Waals surface area contributed by atoms with Gasteiger partial charge in [0.25, 0.3) is 0 Å². The van der Waals surface area contributed by atoms with Crippen LogP contribution in [0.1, 0.15) is 41.9 Å². The van der Waals surface area contributed by atoms with Crippen LogP contribution in [0.3, 0.4) is 0 Å². The normalized spacial score (nSPS) is 20.0. The monoisotopic (exact) mass is 376 g/mol. The summed E-state index contributed by atoms with van der Waals surface area (Å²) in [5.74, 6) is -0.756. The van der Waals surface area contributed by atoms with Gasteiger partial charge in [-0.3, -0.25) is 5.10 Å². The fraction of sp³-hybridized carbons (Fsp3) is 0.263. The van der Waals surface area contributed by atoms with Gasteiger partial charge in [0.05, 0.1) is 6.20 Å². The van der Waals surface area contributed by atoms with Gasteiger partial charge in [0.2, 0.25) is 0 Å². The highest BCUT2D eigenvalue weighted by molar-refractivity contribution is 6.35. The van der Waals surface area contributed by atoms with Gasteiger partial charge in [0, 0.05) is 21.0 Å². The number of carboxylic acids is 1. The molecule has 1 aliphatic carbocycles. The van der Waals surface area contributed by atoms with E-state index in [0.29, 0.717) is 27.9 Å². The van der Waals surface area contributed by atoms with E-state index in [4.69, 9.17) is 23.2 Å². The molecule has 3 rings (SSSR count). The third kappa shape index (κ3) is 3.12. The van der Waals surface area contributed by atoms with Gasteiger partial charge in [0.1, 0.15) is 5.69 Å². The van der Waals surface area contributed by atoms with Crippen molar-refractivity contribution in [2.24, 2.45) is 5.92 Å². The molecule has 1 unspecified atom stereocenters. The van der Waals surface area contributed by atoms with E-state index in [1.165, 1.54) is 0 Å². The van der Waals surface area contributed by atoms with E-state index in [2.05, 4.69) is 42.3 Å². The minimum absolute atomic E-state index is 0.0701. The van der Waals surface area contributed by atoms with E-state index in [0.717, 1.165) is 11.1 Å². The molecule has 25 heavy (non-hydrogen) atoms. The number of hydrogen-bond donors (Lipinski definition) is 2. The SMILES string of the molecule is CC(C)C1=CC(c2ccc(Cl)cc2Cl)(c2cn[nH]c2C(=O)O)CC=C1. The molecule has 1 heterocycles. The summed E-state index contributed by atoms with van der Waals surface area (Å²) in [4.78, 5) is 11.7. The molecule has 6 heteroatoms. The van der Waals surface area contributed by atoms with Crippen LogP contribution in [0, 0.1) is 5.92 Å². The largest absolute Gasteiger partial charge is 0.477 e. The van der Waals surface area contributed by atoms with Gasteiger partial charge in [-0.1, -0.05) is 61.3 Å². The number of H-pyrrole nitrogens is 1. The van der Waals surface area contributed by atoms with E-state index in [1.54, 1.807) is 18.3 Å². The maximum absolute atomic E-state index is 11.7. The van der Waals surface area contributed by atoms with Crippen molar-refractivity contribution in [3.63, 3.8) is 0 Å². The molecule has 1 atom stereocenters. The number of halogens is 2. The summed E-state index contributed by atoms with van der Waals surface area (Å²) in [5.41, 5.74) is 1.88. The first kappa shape index (κ1) is 17.8. The highest BCUT2D eigenvalue weighted by Gasteiger charge is 2.39. The third-order valence-corrected chi connectivity index (χ3v) is 5.12. The first-order chi connectivity index (χ1) is 11.8. The molecule has 0 saturated heterocycles. The molecule has 2 aromatic rings. The van der Waals surface area contributed by atoms with Gasteiger partial charge in [0.15, 0.2) is 0 Å². The molecule has 0 radical (unpaired) electrons. The molecule has 1 aromatic heterocycles. The summed E-state index contributed by atoms with van der Waals surface area (Å²) in [6, 6.07) is 5.31. The number of carbonyl (C=O) groups is 1. The Kier molecular flexibility index (Phi) is 4.76. The van der Waals surface area contributed by atoms with Crippen molar-refractivity contribution in [2.45, 2.75) is 25.7 Å². The Morgan fingerprint density at radius 1 is 1.32 bits per heavy atom.